The van der Waals surface area contributed by atoms with Crippen LogP contribution in [0.3, 0.4) is 0 Å². The Morgan fingerprint density at radius 3 is 2.26 bits per heavy atom. The SMILES string of the molecule is CCNC(CN1C(C)CCCC1C)(C(=O)O)C1CC1. The number of piperidine rings is 1. The quantitative estimate of drug-likeness (QED) is 0.774. The van der Waals surface area contributed by atoms with Gasteiger partial charge in [0.1, 0.15) is 5.54 Å². The van der Waals surface area contributed by atoms with Crippen molar-refractivity contribution in [1.29, 1.82) is 0 Å². The standard InChI is InChI=1S/C15H28N2O2/c1-4-16-15(14(18)19,13-8-9-13)10-17-11(2)6-5-7-12(17)3/h11-13,16H,4-10H2,1-3H3,(H,18,19). The number of likely N-dealkylation sites (N-methyl/N-ethyl adjacent to an activating group) is 1. The summed E-state index contributed by atoms with van der Waals surface area (Å²) in [5, 5.41) is 13.1. The van der Waals surface area contributed by atoms with E-state index in [0.717, 1.165) is 19.4 Å². The van der Waals surface area contributed by atoms with Gasteiger partial charge in [-0.1, -0.05) is 13.3 Å². The molecule has 110 valence electrons. The van der Waals surface area contributed by atoms with Crippen LogP contribution in [0, 0.1) is 5.92 Å². The minimum absolute atomic E-state index is 0.311. The van der Waals surface area contributed by atoms with E-state index >= 15 is 0 Å². The fourth-order valence-electron chi connectivity index (χ4n) is 3.61. The van der Waals surface area contributed by atoms with Gasteiger partial charge in [-0.25, -0.2) is 0 Å². The van der Waals surface area contributed by atoms with Gasteiger partial charge in [-0.3, -0.25) is 9.69 Å². The smallest absolute Gasteiger partial charge is 0.325 e. The number of nitrogens with zero attached hydrogens (tertiary/aromatic N) is 1. The number of likely N-dealkylation sites (tertiary alicyclic amines) is 1. The lowest BCUT2D eigenvalue weighted by Crippen LogP contribution is -2.63. The first-order chi connectivity index (χ1) is 9.01. The second-order valence-electron chi connectivity index (χ2n) is 6.38. The molecule has 2 fully saturated rings. The highest BCUT2D eigenvalue weighted by Gasteiger charge is 2.52. The Balaban J connectivity index is 2.16. The zero-order valence-electron chi connectivity index (χ0n) is 12.5. The fourth-order valence-corrected chi connectivity index (χ4v) is 3.61. The van der Waals surface area contributed by atoms with Crippen molar-refractivity contribution in [2.24, 2.45) is 5.92 Å². The number of carboxylic acid groups (broad SMARTS) is 1. The van der Waals surface area contributed by atoms with Gasteiger partial charge in [0.15, 0.2) is 0 Å². The molecule has 0 spiro atoms. The number of carbonyl (C=O) groups is 1. The van der Waals surface area contributed by atoms with Crippen LogP contribution in [0.4, 0.5) is 0 Å². The number of hydrogen-bond acceptors (Lipinski definition) is 3. The monoisotopic (exact) mass is 268 g/mol. The maximum atomic E-state index is 11.9. The topological polar surface area (TPSA) is 52.6 Å². The van der Waals surface area contributed by atoms with Crippen molar-refractivity contribution >= 4 is 5.97 Å². The van der Waals surface area contributed by atoms with Crippen molar-refractivity contribution < 1.29 is 9.90 Å². The predicted octanol–water partition coefficient (Wildman–Crippen LogP) is 2.09. The molecule has 2 rings (SSSR count). The molecule has 19 heavy (non-hydrogen) atoms. The molecular weight excluding hydrogens is 240 g/mol. The van der Waals surface area contributed by atoms with Crippen LogP contribution < -0.4 is 5.32 Å². The van der Waals surface area contributed by atoms with E-state index in [2.05, 4.69) is 24.1 Å². The van der Waals surface area contributed by atoms with Gasteiger partial charge >= 0.3 is 5.97 Å². The van der Waals surface area contributed by atoms with Crippen molar-refractivity contribution in [3.05, 3.63) is 0 Å². The molecule has 0 aromatic carbocycles. The summed E-state index contributed by atoms with van der Waals surface area (Å²) in [6.07, 6.45) is 5.75. The molecule has 4 heteroatoms. The Morgan fingerprint density at radius 1 is 1.26 bits per heavy atom. The van der Waals surface area contributed by atoms with Crippen molar-refractivity contribution in [1.82, 2.24) is 10.2 Å². The fraction of sp³-hybridized carbons (Fsp3) is 0.933. The highest BCUT2D eigenvalue weighted by Crippen LogP contribution is 2.41. The van der Waals surface area contributed by atoms with E-state index in [4.69, 9.17) is 0 Å². The van der Waals surface area contributed by atoms with Crippen LogP contribution in [-0.2, 0) is 4.79 Å². The summed E-state index contributed by atoms with van der Waals surface area (Å²) in [4.78, 5) is 14.3. The Morgan fingerprint density at radius 2 is 1.84 bits per heavy atom. The number of carboxylic acids is 1. The summed E-state index contributed by atoms with van der Waals surface area (Å²) in [7, 11) is 0. The molecule has 0 aromatic rings. The highest BCUT2D eigenvalue weighted by molar-refractivity contribution is 5.80. The number of hydrogen-bond donors (Lipinski definition) is 2. The average molecular weight is 268 g/mol. The maximum Gasteiger partial charge on any atom is 0.325 e. The Hall–Kier alpha value is -0.610. The second kappa shape index (κ2) is 5.80. The Bertz CT molecular complexity index is 320. The molecule has 1 aliphatic carbocycles. The van der Waals surface area contributed by atoms with Gasteiger partial charge in [-0.15, -0.1) is 0 Å². The van der Waals surface area contributed by atoms with E-state index in [1.807, 2.05) is 6.92 Å². The molecule has 2 N–H and O–H groups in total. The van der Waals surface area contributed by atoms with Crippen LogP contribution in [0.15, 0.2) is 0 Å². The summed E-state index contributed by atoms with van der Waals surface area (Å²) in [6.45, 7) is 7.86. The average Bonchev–Trinajstić information content (AvgIpc) is 3.16. The molecule has 0 bridgehead atoms. The molecule has 3 atom stereocenters. The van der Waals surface area contributed by atoms with Gasteiger partial charge in [-0.05, 0) is 52.0 Å². The second-order valence-corrected chi connectivity index (χ2v) is 6.38. The number of aliphatic carboxylic acids is 1. The van der Waals surface area contributed by atoms with Gasteiger partial charge in [0.05, 0.1) is 0 Å². The van der Waals surface area contributed by atoms with Crippen LogP contribution in [0.2, 0.25) is 0 Å². The normalized spacial score (nSPS) is 31.9. The first-order valence-corrected chi connectivity index (χ1v) is 7.75. The van der Waals surface area contributed by atoms with Gasteiger partial charge in [-0.2, -0.15) is 0 Å². The zero-order valence-corrected chi connectivity index (χ0v) is 12.5. The predicted molar refractivity (Wildman–Crippen MR) is 76.2 cm³/mol. The largest absolute Gasteiger partial charge is 0.480 e. The van der Waals surface area contributed by atoms with Gasteiger partial charge in [0.2, 0.25) is 0 Å². The third-order valence-corrected chi connectivity index (χ3v) is 4.96. The van der Waals surface area contributed by atoms with E-state index in [1.54, 1.807) is 0 Å². The summed E-state index contributed by atoms with van der Waals surface area (Å²) < 4.78 is 0. The number of rotatable bonds is 6. The zero-order chi connectivity index (χ0) is 14.0. The van der Waals surface area contributed by atoms with Gasteiger partial charge < -0.3 is 10.4 Å². The molecule has 2 aliphatic rings. The molecule has 1 saturated heterocycles. The molecule has 3 unspecified atom stereocenters. The van der Waals surface area contributed by atoms with E-state index in [-0.39, 0.29) is 0 Å². The highest BCUT2D eigenvalue weighted by atomic mass is 16.4. The lowest BCUT2D eigenvalue weighted by atomic mass is 9.88. The first-order valence-electron chi connectivity index (χ1n) is 7.75. The lowest BCUT2D eigenvalue weighted by molar-refractivity contribution is -0.148. The number of nitrogens with one attached hydrogen (secondary N) is 1. The van der Waals surface area contributed by atoms with Gasteiger partial charge in [0, 0.05) is 18.6 Å². The minimum atomic E-state index is -0.728. The van der Waals surface area contributed by atoms with Crippen molar-refractivity contribution in [2.75, 3.05) is 13.1 Å². The Labute approximate surface area is 116 Å². The van der Waals surface area contributed by atoms with Crippen molar-refractivity contribution in [3.8, 4) is 0 Å². The Kier molecular flexibility index (Phi) is 4.51. The summed E-state index contributed by atoms with van der Waals surface area (Å²) in [6, 6.07) is 1.000. The van der Waals surface area contributed by atoms with Crippen LogP contribution in [-0.4, -0.2) is 46.7 Å². The molecule has 1 saturated carbocycles. The maximum absolute atomic E-state index is 11.9. The minimum Gasteiger partial charge on any atom is -0.480 e. The van der Waals surface area contributed by atoms with E-state index < -0.39 is 11.5 Å². The van der Waals surface area contributed by atoms with Crippen molar-refractivity contribution in [2.45, 2.75) is 70.5 Å². The molecule has 4 nitrogen and oxygen atoms in total. The van der Waals surface area contributed by atoms with Crippen LogP contribution in [0.25, 0.3) is 0 Å². The molecular formula is C15H28N2O2. The third-order valence-electron chi connectivity index (χ3n) is 4.96. The molecule has 0 aromatic heterocycles. The van der Waals surface area contributed by atoms with Gasteiger partial charge in [0.25, 0.3) is 0 Å². The molecule has 1 aliphatic heterocycles. The van der Waals surface area contributed by atoms with E-state index in [9.17, 15) is 9.90 Å². The van der Waals surface area contributed by atoms with Crippen LogP contribution in [0.1, 0.15) is 52.9 Å². The summed E-state index contributed by atoms with van der Waals surface area (Å²) in [5.41, 5.74) is -0.728. The van der Waals surface area contributed by atoms with E-state index in [1.165, 1.54) is 19.3 Å². The molecule has 1 heterocycles. The lowest BCUT2D eigenvalue weighted by Gasteiger charge is -2.44. The van der Waals surface area contributed by atoms with Crippen LogP contribution in [0.5, 0.6) is 0 Å². The van der Waals surface area contributed by atoms with Crippen molar-refractivity contribution in [3.63, 3.8) is 0 Å². The summed E-state index contributed by atoms with van der Waals surface area (Å²) in [5.74, 6) is -0.354. The third kappa shape index (κ3) is 2.95. The molecule has 0 radical (unpaired) electrons. The van der Waals surface area contributed by atoms with E-state index in [0.29, 0.717) is 24.5 Å². The van der Waals surface area contributed by atoms with Crippen LogP contribution >= 0.6 is 0 Å². The molecule has 0 amide bonds. The first kappa shape index (κ1) is 14.8. The summed E-state index contributed by atoms with van der Waals surface area (Å²) >= 11 is 0.